The van der Waals surface area contributed by atoms with Crippen LogP contribution in [0.2, 0.25) is 0 Å². The van der Waals surface area contributed by atoms with Crippen LogP contribution in [0.5, 0.6) is 0 Å². The number of nitrogens with zero attached hydrogens (tertiary/aromatic N) is 1. The first-order valence-electron chi connectivity index (χ1n) is 6.79. The summed E-state index contributed by atoms with van der Waals surface area (Å²) in [4.78, 5) is 12.0. The normalized spacial score (nSPS) is 47.8. The van der Waals surface area contributed by atoms with Gasteiger partial charge in [-0.25, -0.2) is 0 Å². The highest BCUT2D eigenvalue weighted by atomic mass is 16.2. The van der Waals surface area contributed by atoms with Gasteiger partial charge in [0.1, 0.15) is 0 Å². The summed E-state index contributed by atoms with van der Waals surface area (Å²) in [6.45, 7) is 5.14. The van der Waals surface area contributed by atoms with Gasteiger partial charge in [0, 0.05) is 12.5 Å². The predicted octanol–water partition coefficient (Wildman–Crippen LogP) is 1.94. The average molecular weight is 232 g/mol. The Kier molecular flexibility index (Phi) is 2.26. The summed E-state index contributed by atoms with van der Waals surface area (Å²) in [6, 6.07) is 2.60. The van der Waals surface area contributed by atoms with Crippen LogP contribution < -0.4 is 5.32 Å². The monoisotopic (exact) mass is 232 g/mol. The zero-order valence-corrected chi connectivity index (χ0v) is 10.6. The zero-order valence-electron chi connectivity index (χ0n) is 10.6. The maximum absolute atomic E-state index is 12.0. The molecule has 4 rings (SSSR count). The number of hydrogen-bond acceptors (Lipinski definition) is 2. The topological polar surface area (TPSA) is 52.9 Å². The first kappa shape index (κ1) is 11.1. The van der Waals surface area contributed by atoms with Gasteiger partial charge in [-0.2, -0.15) is 5.26 Å². The van der Waals surface area contributed by atoms with Crippen molar-refractivity contribution in [2.45, 2.75) is 33.1 Å². The van der Waals surface area contributed by atoms with Gasteiger partial charge in [0.25, 0.3) is 0 Å². The molecule has 2 bridgehead atoms. The molecule has 17 heavy (non-hydrogen) atoms. The lowest BCUT2D eigenvalue weighted by Gasteiger charge is -2.55. The molecular weight excluding hydrogens is 212 g/mol. The highest BCUT2D eigenvalue weighted by Gasteiger charge is 2.61. The van der Waals surface area contributed by atoms with Gasteiger partial charge in [0.2, 0.25) is 5.91 Å². The molecule has 0 aromatic rings. The number of nitriles is 1. The second kappa shape index (κ2) is 3.48. The average Bonchev–Trinajstić information content (AvgIpc) is 2.73. The summed E-state index contributed by atoms with van der Waals surface area (Å²) < 4.78 is 0. The highest BCUT2D eigenvalue weighted by molar-refractivity contribution is 5.82. The fourth-order valence-electron chi connectivity index (χ4n) is 4.72. The minimum absolute atomic E-state index is 0.129. The number of carbonyl (C=O) groups excluding carboxylic acids is 1. The maximum atomic E-state index is 12.0. The summed E-state index contributed by atoms with van der Waals surface area (Å²) in [5.41, 5.74) is -0.244. The Morgan fingerprint density at radius 2 is 2.24 bits per heavy atom. The molecule has 1 amide bonds. The molecule has 4 aliphatic rings. The van der Waals surface area contributed by atoms with Gasteiger partial charge >= 0.3 is 0 Å². The molecule has 92 valence electrons. The quantitative estimate of drug-likeness (QED) is 0.751. The largest absolute Gasteiger partial charge is 0.356 e. The Labute approximate surface area is 103 Å². The Balaban J connectivity index is 2.03. The fourth-order valence-corrected chi connectivity index (χ4v) is 4.72. The summed E-state index contributed by atoms with van der Waals surface area (Å²) >= 11 is 0. The van der Waals surface area contributed by atoms with Crippen LogP contribution in [-0.2, 0) is 4.79 Å². The van der Waals surface area contributed by atoms with E-state index in [4.69, 9.17) is 0 Å². The lowest BCUT2D eigenvalue weighted by molar-refractivity contribution is -0.135. The lowest BCUT2D eigenvalue weighted by Crippen LogP contribution is -2.53. The third-order valence-corrected chi connectivity index (χ3v) is 5.66. The van der Waals surface area contributed by atoms with Crippen molar-refractivity contribution in [3.8, 4) is 6.07 Å². The van der Waals surface area contributed by atoms with E-state index in [0.29, 0.717) is 23.7 Å². The van der Waals surface area contributed by atoms with Crippen molar-refractivity contribution < 1.29 is 4.79 Å². The van der Waals surface area contributed by atoms with Crippen LogP contribution in [0.15, 0.2) is 0 Å². The molecule has 0 spiro atoms. The molecule has 1 saturated heterocycles. The number of carbonyl (C=O) groups is 1. The van der Waals surface area contributed by atoms with E-state index >= 15 is 0 Å². The molecule has 0 radical (unpaired) electrons. The smallest absolute Gasteiger partial charge is 0.223 e. The van der Waals surface area contributed by atoms with Gasteiger partial charge in [0.15, 0.2) is 0 Å². The Morgan fingerprint density at radius 3 is 2.88 bits per heavy atom. The molecule has 1 aliphatic heterocycles. The van der Waals surface area contributed by atoms with E-state index in [1.165, 1.54) is 6.42 Å². The van der Waals surface area contributed by atoms with Gasteiger partial charge in [0.05, 0.1) is 11.5 Å². The molecule has 3 heteroatoms. The molecule has 0 aromatic carbocycles. The van der Waals surface area contributed by atoms with Crippen LogP contribution in [0.4, 0.5) is 0 Å². The fraction of sp³-hybridized carbons (Fsp3) is 0.857. The molecule has 3 saturated carbocycles. The number of hydrogen-bond donors (Lipinski definition) is 1. The SMILES string of the molecule is CC(C)C1(C#N)CC2CCC1C1C(=O)NCC21. The zero-order chi connectivity index (χ0) is 12.2. The van der Waals surface area contributed by atoms with Gasteiger partial charge in [-0.15, -0.1) is 0 Å². The molecule has 4 fully saturated rings. The summed E-state index contributed by atoms with van der Waals surface area (Å²) in [5.74, 6) is 2.10. The maximum Gasteiger partial charge on any atom is 0.223 e. The van der Waals surface area contributed by atoms with E-state index in [2.05, 4.69) is 25.2 Å². The number of amides is 1. The first-order chi connectivity index (χ1) is 8.10. The number of fused-ring (bicyclic) bond motifs is 2. The molecule has 5 unspecified atom stereocenters. The molecule has 1 heterocycles. The molecule has 3 nitrogen and oxygen atoms in total. The van der Waals surface area contributed by atoms with Crippen LogP contribution >= 0.6 is 0 Å². The van der Waals surface area contributed by atoms with E-state index in [-0.39, 0.29) is 17.2 Å². The van der Waals surface area contributed by atoms with E-state index < -0.39 is 0 Å². The van der Waals surface area contributed by atoms with Crippen molar-refractivity contribution in [3.05, 3.63) is 0 Å². The van der Waals surface area contributed by atoms with Crippen molar-refractivity contribution in [1.29, 1.82) is 5.26 Å². The minimum atomic E-state index is -0.244. The van der Waals surface area contributed by atoms with E-state index in [1.54, 1.807) is 0 Å². The third kappa shape index (κ3) is 1.24. The first-order valence-corrected chi connectivity index (χ1v) is 6.79. The predicted molar refractivity (Wildman–Crippen MR) is 63.7 cm³/mol. The third-order valence-electron chi connectivity index (χ3n) is 5.66. The minimum Gasteiger partial charge on any atom is -0.356 e. The van der Waals surface area contributed by atoms with Gasteiger partial charge in [-0.05, 0) is 42.9 Å². The van der Waals surface area contributed by atoms with Crippen molar-refractivity contribution in [3.63, 3.8) is 0 Å². The van der Waals surface area contributed by atoms with Crippen molar-refractivity contribution in [2.75, 3.05) is 6.54 Å². The standard InChI is InChI=1S/C14H20N2O/c1-8(2)14(7-15)5-9-3-4-11(14)12-10(9)6-16-13(12)17/h8-12H,3-6H2,1-2H3,(H,16,17). The second-order valence-electron chi connectivity index (χ2n) is 6.39. The Bertz CT molecular complexity index is 398. The van der Waals surface area contributed by atoms with Crippen LogP contribution in [0.3, 0.4) is 0 Å². The number of nitrogens with one attached hydrogen (secondary N) is 1. The lowest BCUT2D eigenvalue weighted by atomic mass is 9.46. The Hall–Kier alpha value is -1.04. The van der Waals surface area contributed by atoms with Crippen molar-refractivity contribution >= 4 is 5.91 Å². The van der Waals surface area contributed by atoms with Crippen LogP contribution in [0.1, 0.15) is 33.1 Å². The summed E-state index contributed by atoms with van der Waals surface area (Å²) in [7, 11) is 0. The second-order valence-corrected chi connectivity index (χ2v) is 6.39. The summed E-state index contributed by atoms with van der Waals surface area (Å²) in [6.07, 6.45) is 3.31. The molecular formula is C14H20N2O. The molecule has 5 atom stereocenters. The van der Waals surface area contributed by atoms with Crippen LogP contribution in [0.25, 0.3) is 0 Å². The Morgan fingerprint density at radius 1 is 1.47 bits per heavy atom. The molecule has 1 N–H and O–H groups in total. The van der Waals surface area contributed by atoms with E-state index in [1.807, 2.05) is 0 Å². The van der Waals surface area contributed by atoms with Crippen molar-refractivity contribution in [1.82, 2.24) is 5.32 Å². The van der Waals surface area contributed by atoms with Crippen LogP contribution in [0, 0.1) is 46.3 Å². The van der Waals surface area contributed by atoms with Gasteiger partial charge < -0.3 is 5.32 Å². The highest BCUT2D eigenvalue weighted by Crippen LogP contribution is 2.61. The van der Waals surface area contributed by atoms with E-state index in [9.17, 15) is 10.1 Å². The summed E-state index contributed by atoms with van der Waals surface area (Å²) in [5, 5.41) is 12.7. The molecule has 0 aromatic heterocycles. The van der Waals surface area contributed by atoms with E-state index in [0.717, 1.165) is 19.4 Å². The van der Waals surface area contributed by atoms with Gasteiger partial charge in [-0.3, -0.25) is 4.79 Å². The number of rotatable bonds is 1. The molecule has 3 aliphatic carbocycles. The van der Waals surface area contributed by atoms with Gasteiger partial charge in [-0.1, -0.05) is 13.8 Å². The van der Waals surface area contributed by atoms with Crippen LogP contribution in [-0.4, -0.2) is 12.5 Å². The van der Waals surface area contributed by atoms with Crippen molar-refractivity contribution in [2.24, 2.45) is 35.0 Å².